The zero-order valence-corrected chi connectivity index (χ0v) is 21.8. The molecule has 2 aromatic carbocycles. The van der Waals surface area contributed by atoms with Crippen LogP contribution in [0, 0.1) is 5.92 Å². The maximum Gasteiger partial charge on any atom is 0.243 e. The first-order valence-corrected chi connectivity index (χ1v) is 13.2. The molecule has 35 heavy (non-hydrogen) atoms. The van der Waals surface area contributed by atoms with Crippen LogP contribution in [0.15, 0.2) is 52.5 Å². The molecule has 2 N–H and O–H groups in total. The van der Waals surface area contributed by atoms with Crippen LogP contribution in [-0.2, 0) is 14.8 Å². The molecule has 1 saturated heterocycles. The summed E-state index contributed by atoms with van der Waals surface area (Å²) in [5, 5.41) is 7.41. The molecule has 3 rings (SSSR count). The van der Waals surface area contributed by atoms with Crippen LogP contribution in [0.1, 0.15) is 25.8 Å². The standard InChI is InChI=1S/C24H32N4O5S2/c1-18(2)10-13-33-22-9-4-19(16-23(22)31-3)17-25-27-24(34)26-20-5-7-21(8-6-20)35(29,30)28-11-14-32-15-12-28/h4-9,16-18H,10-15H2,1-3H3,(H2,26,27,34)/b25-17-. The molecule has 0 atom stereocenters. The van der Waals surface area contributed by atoms with Gasteiger partial charge in [-0.2, -0.15) is 9.41 Å². The van der Waals surface area contributed by atoms with Crippen molar-refractivity contribution in [3.05, 3.63) is 48.0 Å². The number of rotatable bonds is 10. The van der Waals surface area contributed by atoms with Crippen molar-refractivity contribution in [2.45, 2.75) is 25.2 Å². The van der Waals surface area contributed by atoms with Gasteiger partial charge in [-0.15, -0.1) is 0 Å². The highest BCUT2D eigenvalue weighted by atomic mass is 32.2. The van der Waals surface area contributed by atoms with Crippen LogP contribution in [0.2, 0.25) is 0 Å². The maximum atomic E-state index is 12.7. The molecule has 0 aromatic heterocycles. The quantitative estimate of drug-likeness (QED) is 0.279. The van der Waals surface area contributed by atoms with Gasteiger partial charge in [0.1, 0.15) is 0 Å². The Balaban J connectivity index is 1.53. The van der Waals surface area contributed by atoms with Crippen molar-refractivity contribution in [2.24, 2.45) is 11.0 Å². The van der Waals surface area contributed by atoms with Crippen molar-refractivity contribution in [2.75, 3.05) is 45.3 Å². The lowest BCUT2D eigenvalue weighted by molar-refractivity contribution is 0.0730. The Morgan fingerprint density at radius 2 is 1.89 bits per heavy atom. The first kappa shape index (κ1) is 26.9. The molecule has 1 fully saturated rings. The monoisotopic (exact) mass is 520 g/mol. The summed E-state index contributed by atoms with van der Waals surface area (Å²) in [6.45, 7) is 6.45. The Morgan fingerprint density at radius 1 is 1.17 bits per heavy atom. The zero-order chi connectivity index (χ0) is 25.3. The van der Waals surface area contributed by atoms with Gasteiger partial charge < -0.3 is 19.5 Å². The van der Waals surface area contributed by atoms with Gasteiger partial charge in [0.25, 0.3) is 0 Å². The molecule has 2 aromatic rings. The SMILES string of the molecule is COc1cc(/C=N\NC(=S)Nc2ccc(S(=O)(=O)N3CCOCC3)cc2)ccc1OCCC(C)C. The number of thiocarbonyl (C=S) groups is 1. The Kier molecular flexibility index (Phi) is 9.84. The van der Waals surface area contributed by atoms with Crippen LogP contribution in [0.5, 0.6) is 11.5 Å². The van der Waals surface area contributed by atoms with Crippen molar-refractivity contribution < 1.29 is 22.6 Å². The van der Waals surface area contributed by atoms with Crippen molar-refractivity contribution in [1.82, 2.24) is 9.73 Å². The van der Waals surface area contributed by atoms with Crippen LogP contribution in [0.4, 0.5) is 5.69 Å². The van der Waals surface area contributed by atoms with E-state index in [9.17, 15) is 8.42 Å². The second kappa shape index (κ2) is 12.8. The average molecular weight is 521 g/mol. The highest BCUT2D eigenvalue weighted by molar-refractivity contribution is 7.89. The zero-order valence-electron chi connectivity index (χ0n) is 20.2. The van der Waals surface area contributed by atoms with Gasteiger partial charge in [-0.25, -0.2) is 8.42 Å². The highest BCUT2D eigenvalue weighted by Gasteiger charge is 2.26. The minimum absolute atomic E-state index is 0.229. The van der Waals surface area contributed by atoms with E-state index in [1.165, 1.54) is 4.31 Å². The minimum atomic E-state index is -3.54. The van der Waals surface area contributed by atoms with Crippen molar-refractivity contribution in [3.8, 4) is 11.5 Å². The Bertz CT molecular complexity index is 1120. The fourth-order valence-corrected chi connectivity index (χ4v) is 4.84. The fraction of sp³-hybridized carbons (Fsp3) is 0.417. The predicted octanol–water partition coefficient (Wildman–Crippen LogP) is 3.46. The molecule has 0 unspecified atom stereocenters. The molecule has 0 saturated carbocycles. The van der Waals surface area contributed by atoms with E-state index < -0.39 is 10.0 Å². The number of anilines is 1. The second-order valence-electron chi connectivity index (χ2n) is 8.31. The number of hydrazone groups is 1. The normalized spacial score (nSPS) is 14.7. The van der Waals surface area contributed by atoms with E-state index in [0.717, 1.165) is 12.0 Å². The summed E-state index contributed by atoms with van der Waals surface area (Å²) in [6, 6.07) is 12.0. The number of methoxy groups -OCH3 is 1. The largest absolute Gasteiger partial charge is 0.493 e. The topological polar surface area (TPSA) is 101 Å². The number of morpholine rings is 1. The molecule has 1 aliphatic heterocycles. The van der Waals surface area contributed by atoms with Gasteiger partial charge in [-0.1, -0.05) is 13.8 Å². The van der Waals surface area contributed by atoms with Crippen LogP contribution in [-0.4, -0.2) is 64.1 Å². The lowest BCUT2D eigenvalue weighted by atomic mass is 10.1. The summed E-state index contributed by atoms with van der Waals surface area (Å²) in [6.07, 6.45) is 2.58. The molecule has 190 valence electrons. The van der Waals surface area contributed by atoms with Gasteiger partial charge in [-0.3, -0.25) is 5.43 Å². The van der Waals surface area contributed by atoms with Crippen LogP contribution < -0.4 is 20.2 Å². The van der Waals surface area contributed by atoms with Gasteiger partial charge >= 0.3 is 0 Å². The molecular weight excluding hydrogens is 488 g/mol. The van der Waals surface area contributed by atoms with Crippen molar-refractivity contribution >= 4 is 39.3 Å². The summed E-state index contributed by atoms with van der Waals surface area (Å²) in [5.41, 5.74) is 4.21. The van der Waals surface area contributed by atoms with Gasteiger partial charge in [-0.05, 0) is 72.6 Å². The van der Waals surface area contributed by atoms with Gasteiger partial charge in [0.15, 0.2) is 16.6 Å². The number of sulfonamides is 1. The van der Waals surface area contributed by atoms with E-state index in [4.69, 9.17) is 26.4 Å². The van der Waals surface area contributed by atoms with Gasteiger partial charge in [0.2, 0.25) is 10.0 Å². The molecule has 0 radical (unpaired) electrons. The third kappa shape index (κ3) is 7.89. The molecule has 0 aliphatic carbocycles. The molecule has 0 bridgehead atoms. The van der Waals surface area contributed by atoms with E-state index in [1.807, 2.05) is 18.2 Å². The van der Waals surface area contributed by atoms with Crippen molar-refractivity contribution in [1.29, 1.82) is 0 Å². The van der Waals surface area contributed by atoms with Crippen LogP contribution >= 0.6 is 12.2 Å². The number of benzene rings is 2. The molecule has 11 heteroatoms. The van der Waals surface area contributed by atoms with E-state index in [-0.39, 0.29) is 10.0 Å². The lowest BCUT2D eigenvalue weighted by Gasteiger charge is -2.26. The molecule has 9 nitrogen and oxygen atoms in total. The predicted molar refractivity (Wildman–Crippen MR) is 141 cm³/mol. The molecule has 0 spiro atoms. The number of hydrogen-bond acceptors (Lipinski definition) is 7. The van der Waals surface area contributed by atoms with E-state index in [2.05, 4.69) is 29.7 Å². The molecule has 1 heterocycles. The molecule has 0 amide bonds. The maximum absolute atomic E-state index is 12.7. The summed E-state index contributed by atoms with van der Waals surface area (Å²) in [4.78, 5) is 0.229. The fourth-order valence-electron chi connectivity index (χ4n) is 3.26. The number of hydrogen-bond donors (Lipinski definition) is 2. The summed E-state index contributed by atoms with van der Waals surface area (Å²) in [7, 11) is -1.94. The smallest absolute Gasteiger partial charge is 0.243 e. The third-order valence-corrected chi connectivity index (χ3v) is 7.35. The van der Waals surface area contributed by atoms with Gasteiger partial charge in [0, 0.05) is 18.8 Å². The minimum Gasteiger partial charge on any atom is -0.493 e. The van der Waals surface area contributed by atoms with Crippen LogP contribution in [0.25, 0.3) is 0 Å². The summed E-state index contributed by atoms with van der Waals surface area (Å²) < 4.78 is 43.3. The number of nitrogens with zero attached hydrogens (tertiary/aromatic N) is 2. The molecule has 1 aliphatic rings. The lowest BCUT2D eigenvalue weighted by Crippen LogP contribution is -2.40. The van der Waals surface area contributed by atoms with Crippen molar-refractivity contribution in [3.63, 3.8) is 0 Å². The third-order valence-electron chi connectivity index (χ3n) is 5.24. The Morgan fingerprint density at radius 3 is 2.54 bits per heavy atom. The van der Waals surface area contributed by atoms with Gasteiger partial charge in [0.05, 0.1) is 38.0 Å². The Hall–Kier alpha value is -2.73. The Labute approximate surface area is 212 Å². The number of nitrogens with one attached hydrogen (secondary N) is 2. The summed E-state index contributed by atoms with van der Waals surface area (Å²) in [5.74, 6) is 1.89. The summed E-state index contributed by atoms with van der Waals surface area (Å²) >= 11 is 5.28. The first-order chi connectivity index (χ1) is 16.8. The second-order valence-corrected chi connectivity index (χ2v) is 10.7. The van der Waals surface area contributed by atoms with Crippen LogP contribution in [0.3, 0.4) is 0 Å². The highest BCUT2D eigenvalue weighted by Crippen LogP contribution is 2.28. The first-order valence-electron chi connectivity index (χ1n) is 11.4. The average Bonchev–Trinajstić information content (AvgIpc) is 2.85. The van der Waals surface area contributed by atoms with E-state index >= 15 is 0 Å². The van der Waals surface area contributed by atoms with E-state index in [1.54, 1.807) is 37.6 Å². The van der Waals surface area contributed by atoms with E-state index in [0.29, 0.717) is 56.0 Å². The number of ether oxygens (including phenoxy) is 3. The molecular formula is C24H32N4O5S2.